The maximum absolute atomic E-state index is 5.16. The Morgan fingerprint density at radius 1 is 0.132 bits per heavy atom. The summed E-state index contributed by atoms with van der Waals surface area (Å²) in [4.78, 5) is 30.2. The van der Waals surface area contributed by atoms with E-state index in [1.807, 2.05) is 121 Å². The maximum Gasteiger partial charge on any atom is 0.164 e. The lowest BCUT2D eigenvalue weighted by atomic mass is 10.0. The first-order valence-electron chi connectivity index (χ1n) is 35.7. The highest BCUT2D eigenvalue weighted by Gasteiger charge is 2.24. The first-order chi connectivity index (χ1) is 52.6. The third-order valence-corrected chi connectivity index (χ3v) is 20.3. The van der Waals surface area contributed by atoms with Crippen LogP contribution >= 0.6 is 0 Å². The van der Waals surface area contributed by atoms with E-state index in [4.69, 9.17) is 29.9 Å². The van der Waals surface area contributed by atoms with Crippen molar-refractivity contribution in [3.8, 4) is 102 Å². The summed E-state index contributed by atoms with van der Waals surface area (Å²) in [7, 11) is 0. The summed E-state index contributed by atoms with van der Waals surface area (Å²) in [5, 5.41) is 9.77. The Labute approximate surface area is 610 Å². The molecule has 6 aromatic heterocycles. The number of para-hydroxylation sites is 6. The van der Waals surface area contributed by atoms with Gasteiger partial charge in [0.1, 0.15) is 0 Å². The van der Waals surface area contributed by atoms with Crippen molar-refractivity contribution in [2.24, 2.45) is 0 Å². The lowest BCUT2D eigenvalue weighted by Gasteiger charge is -2.15. The van der Waals surface area contributed by atoms with Gasteiger partial charge >= 0.3 is 0 Å². The molecule has 0 saturated heterocycles. The Balaban J connectivity index is 0.000000141. The van der Waals surface area contributed by atoms with Crippen molar-refractivity contribution >= 4 is 87.2 Å². The molecule has 10 nitrogen and oxygen atoms in total. The second-order valence-corrected chi connectivity index (χ2v) is 26.6. The zero-order valence-corrected chi connectivity index (χ0v) is 57.3. The molecule has 21 aromatic rings. The van der Waals surface area contributed by atoms with E-state index >= 15 is 0 Å². The summed E-state index contributed by atoms with van der Waals surface area (Å²) >= 11 is 0. The molecular weight excluding hydrogens is 1290 g/mol. The van der Waals surface area contributed by atoms with Crippen molar-refractivity contribution < 1.29 is 0 Å². The van der Waals surface area contributed by atoms with Gasteiger partial charge in [-0.25, -0.2) is 29.9 Å². The van der Waals surface area contributed by atoms with Gasteiger partial charge in [-0.15, -0.1) is 0 Å². The minimum Gasteiger partial charge on any atom is -0.309 e. The molecule has 496 valence electrons. The van der Waals surface area contributed by atoms with Gasteiger partial charge in [0.05, 0.1) is 44.1 Å². The van der Waals surface area contributed by atoms with Gasteiger partial charge in [0.25, 0.3) is 0 Å². The number of benzene rings is 15. The van der Waals surface area contributed by atoms with Crippen LogP contribution in [0.15, 0.2) is 376 Å². The number of hydrogen-bond acceptors (Lipinski definition) is 6. The minimum absolute atomic E-state index is 0.615. The summed E-state index contributed by atoms with van der Waals surface area (Å²) in [6.07, 6.45) is 0. The SMILES string of the molecule is c1ccc(-c2cc(-c3nc(-c4ccccc4)nc(-c4ccccc4)n3)cc(-n3c4ccccc4c4cc5c6ccccc6n(-c6ccccc6)c5cc43)c2)cc1.c1ccc(-c2nc(-c3ccccc3)nc(-c3cccc(-n4c5ccccc5c5cc6c7ccccc7n(-c7ccccc7)c6cc54)c3)n2)cc1. The standard InChI is InChI=1S/C51H33N5.C45H29N5/c1-5-17-34(18-6-1)37-29-38(51-53-49(35-19-7-2-8-20-35)52-50(54-51)36-21-9-3-10-22-36)31-40(30-37)56-46-28-16-14-26-42(46)44-32-43-41-25-13-15-27-45(41)55(47(43)33-48(44)56)39-23-11-4-12-24-39;1-4-15-30(16-5-1)43-46-44(31-17-6-2-7-18-31)48-45(47-43)32-19-14-22-34(27-32)50-40-26-13-11-24-36(40)38-28-37-35-23-10-12-25-39(35)49(41(37)29-42(38)50)33-20-8-3-9-21-33/h1-33H;1-29H. The first kappa shape index (κ1) is 61.4. The van der Waals surface area contributed by atoms with E-state index in [2.05, 4.69) is 273 Å². The van der Waals surface area contributed by atoms with Crippen LogP contribution in [0.1, 0.15) is 0 Å². The second-order valence-electron chi connectivity index (χ2n) is 26.6. The Kier molecular flexibility index (Phi) is 15.0. The molecular formula is C96H62N10. The molecule has 15 aromatic carbocycles. The van der Waals surface area contributed by atoms with Gasteiger partial charge in [-0.2, -0.15) is 0 Å². The molecule has 0 fully saturated rings. The zero-order valence-electron chi connectivity index (χ0n) is 57.3. The van der Waals surface area contributed by atoms with Crippen molar-refractivity contribution in [1.29, 1.82) is 0 Å². The van der Waals surface area contributed by atoms with Crippen molar-refractivity contribution in [3.05, 3.63) is 376 Å². The highest BCUT2D eigenvalue weighted by Crippen LogP contribution is 2.44. The molecule has 0 atom stereocenters. The van der Waals surface area contributed by atoms with Gasteiger partial charge in [-0.3, -0.25) is 0 Å². The van der Waals surface area contributed by atoms with Crippen LogP contribution in [0.25, 0.3) is 189 Å². The fourth-order valence-electron chi connectivity index (χ4n) is 15.5. The van der Waals surface area contributed by atoms with E-state index in [-0.39, 0.29) is 0 Å². The summed E-state index contributed by atoms with van der Waals surface area (Å²) in [6, 6.07) is 132. The van der Waals surface area contributed by atoms with E-state index in [0.717, 1.165) is 94.8 Å². The van der Waals surface area contributed by atoms with Gasteiger partial charge in [0.15, 0.2) is 34.9 Å². The molecule has 0 saturated carbocycles. The number of fused-ring (bicyclic) bond motifs is 12. The predicted octanol–water partition coefficient (Wildman–Crippen LogP) is 23.8. The fraction of sp³-hybridized carbons (Fsp3) is 0. The van der Waals surface area contributed by atoms with Gasteiger partial charge in [-0.05, 0) is 114 Å². The first-order valence-corrected chi connectivity index (χ1v) is 35.7. The molecule has 0 amide bonds. The third-order valence-electron chi connectivity index (χ3n) is 20.3. The summed E-state index contributed by atoms with van der Waals surface area (Å²) in [6.45, 7) is 0. The molecule has 6 heterocycles. The summed E-state index contributed by atoms with van der Waals surface area (Å²) < 4.78 is 9.55. The molecule has 0 N–H and O–H groups in total. The van der Waals surface area contributed by atoms with Crippen molar-refractivity contribution in [1.82, 2.24) is 48.2 Å². The molecule has 0 aliphatic heterocycles. The molecule has 0 bridgehead atoms. The van der Waals surface area contributed by atoms with Crippen LogP contribution in [0.3, 0.4) is 0 Å². The molecule has 0 spiro atoms. The average molecular weight is 1360 g/mol. The van der Waals surface area contributed by atoms with Gasteiger partial charge in [-0.1, -0.05) is 273 Å². The Bertz CT molecular complexity index is 6800. The molecule has 0 aliphatic carbocycles. The van der Waals surface area contributed by atoms with Crippen LogP contribution in [0, 0.1) is 0 Å². The Hall–Kier alpha value is -14.5. The topological polar surface area (TPSA) is 97.1 Å². The Morgan fingerprint density at radius 3 is 0.736 bits per heavy atom. The van der Waals surface area contributed by atoms with Gasteiger partial charge in [0.2, 0.25) is 0 Å². The minimum atomic E-state index is 0.615. The molecule has 0 aliphatic rings. The zero-order chi connectivity index (χ0) is 70.0. The van der Waals surface area contributed by atoms with Gasteiger partial charge in [0, 0.05) is 99.2 Å². The van der Waals surface area contributed by atoms with Crippen molar-refractivity contribution in [2.45, 2.75) is 0 Å². The van der Waals surface area contributed by atoms with Crippen molar-refractivity contribution in [2.75, 3.05) is 0 Å². The number of aromatic nitrogens is 10. The van der Waals surface area contributed by atoms with E-state index in [1.165, 1.54) is 59.6 Å². The molecule has 10 heteroatoms. The van der Waals surface area contributed by atoms with Crippen LogP contribution in [0.4, 0.5) is 0 Å². The average Bonchev–Trinajstić information content (AvgIpc) is 1.56. The van der Waals surface area contributed by atoms with Crippen LogP contribution in [0.5, 0.6) is 0 Å². The smallest absolute Gasteiger partial charge is 0.164 e. The lowest BCUT2D eigenvalue weighted by molar-refractivity contribution is 1.07. The van der Waals surface area contributed by atoms with E-state index in [1.54, 1.807) is 0 Å². The highest BCUT2D eigenvalue weighted by atomic mass is 15.1. The second kappa shape index (κ2) is 25.8. The van der Waals surface area contributed by atoms with Crippen LogP contribution in [-0.2, 0) is 0 Å². The fourth-order valence-corrected chi connectivity index (χ4v) is 15.5. The highest BCUT2D eigenvalue weighted by molar-refractivity contribution is 6.21. The number of rotatable bonds is 11. The monoisotopic (exact) mass is 1350 g/mol. The third kappa shape index (κ3) is 10.7. The van der Waals surface area contributed by atoms with Crippen LogP contribution in [0.2, 0.25) is 0 Å². The number of nitrogens with zero attached hydrogens (tertiary/aromatic N) is 10. The summed E-state index contributed by atoms with van der Waals surface area (Å²) in [5.41, 5.74) is 21.4. The maximum atomic E-state index is 5.16. The van der Waals surface area contributed by atoms with E-state index in [0.29, 0.717) is 34.9 Å². The van der Waals surface area contributed by atoms with E-state index < -0.39 is 0 Å². The van der Waals surface area contributed by atoms with Crippen molar-refractivity contribution in [3.63, 3.8) is 0 Å². The quantitative estimate of drug-likeness (QED) is 0.128. The van der Waals surface area contributed by atoms with Crippen LogP contribution < -0.4 is 0 Å². The molecule has 106 heavy (non-hydrogen) atoms. The Morgan fingerprint density at radius 2 is 0.377 bits per heavy atom. The molecule has 0 radical (unpaired) electrons. The van der Waals surface area contributed by atoms with Crippen LogP contribution in [-0.4, -0.2) is 48.2 Å². The molecule has 21 rings (SSSR count). The summed E-state index contributed by atoms with van der Waals surface area (Å²) in [5.74, 6) is 3.81. The predicted molar refractivity (Wildman–Crippen MR) is 435 cm³/mol. The molecule has 0 unspecified atom stereocenters. The normalized spacial score (nSPS) is 11.6. The lowest BCUT2D eigenvalue weighted by Crippen LogP contribution is -2.02. The largest absolute Gasteiger partial charge is 0.309 e. The van der Waals surface area contributed by atoms with Gasteiger partial charge < -0.3 is 18.3 Å². The van der Waals surface area contributed by atoms with E-state index in [9.17, 15) is 0 Å². The number of hydrogen-bond donors (Lipinski definition) is 0.